The van der Waals surface area contributed by atoms with Gasteiger partial charge in [0.1, 0.15) is 0 Å². The highest BCUT2D eigenvalue weighted by Gasteiger charge is 2.14. The van der Waals surface area contributed by atoms with Crippen molar-refractivity contribution in [3.8, 4) is 0 Å². The molecule has 0 radical (unpaired) electrons. The first-order valence-electron chi connectivity index (χ1n) is 2.59. The van der Waals surface area contributed by atoms with Crippen LogP contribution in [0.4, 0.5) is 0 Å². The highest BCUT2D eigenvalue weighted by molar-refractivity contribution is 7.59. The van der Waals surface area contributed by atoms with Gasteiger partial charge in [-0.15, -0.1) is 0 Å². The molecule has 52 valence electrons. The molecule has 0 heterocycles. The van der Waals surface area contributed by atoms with Crippen LogP contribution in [0.15, 0.2) is 0 Å². The molecule has 0 saturated carbocycles. The van der Waals surface area contributed by atoms with Gasteiger partial charge in [-0.1, -0.05) is 0 Å². The van der Waals surface area contributed by atoms with E-state index in [4.69, 9.17) is 0 Å². The Morgan fingerprint density at radius 1 is 1.78 bits per heavy atom. The van der Waals surface area contributed by atoms with Gasteiger partial charge in [-0.3, -0.25) is 4.57 Å². The van der Waals surface area contributed by atoms with Crippen LogP contribution < -0.4 is 0 Å². The summed E-state index contributed by atoms with van der Waals surface area (Å²) in [5.74, 6) is 0. The maximum absolute atomic E-state index is 11.0. The summed E-state index contributed by atoms with van der Waals surface area (Å²) >= 11 is 0. The first-order chi connectivity index (χ1) is 3.98. The fourth-order valence-electron chi connectivity index (χ4n) is 0.469. The van der Waals surface area contributed by atoms with Crippen LogP contribution in [0.2, 0.25) is 0 Å². The van der Waals surface area contributed by atoms with E-state index in [0.717, 1.165) is 0 Å². The van der Waals surface area contributed by atoms with Crippen molar-refractivity contribution in [2.24, 2.45) is 0 Å². The van der Waals surface area contributed by atoms with E-state index < -0.39 is 7.37 Å². The van der Waals surface area contributed by atoms with Gasteiger partial charge in [0.15, 0.2) is 7.85 Å². The Hall–Kier alpha value is -0.0751. The van der Waals surface area contributed by atoms with Crippen molar-refractivity contribution < 1.29 is 13.9 Å². The van der Waals surface area contributed by atoms with E-state index in [0.29, 0.717) is 0 Å². The molecule has 1 unspecified atom stereocenters. The first-order valence-corrected chi connectivity index (χ1v) is 4.85. The lowest BCUT2D eigenvalue weighted by Crippen LogP contribution is -2.04. The zero-order valence-corrected chi connectivity index (χ0v) is 6.77. The predicted molar refractivity (Wildman–Crippen MR) is 39.0 cm³/mol. The molecule has 1 atom stereocenters. The maximum atomic E-state index is 11.0. The largest absolute Gasteiger partial charge is 0.332 e. The number of rotatable bonds is 3. The highest BCUT2D eigenvalue weighted by Crippen LogP contribution is 2.40. The topological polar surface area (TPSA) is 43.4 Å². The van der Waals surface area contributed by atoms with Crippen molar-refractivity contribution in [2.75, 3.05) is 19.9 Å². The third-order valence-electron chi connectivity index (χ3n) is 0.896. The summed E-state index contributed by atoms with van der Waals surface area (Å²) < 4.78 is 15.5. The van der Waals surface area contributed by atoms with Gasteiger partial charge in [-0.25, -0.2) is 0 Å². The fourth-order valence-corrected chi connectivity index (χ4v) is 1.41. The standard InChI is InChI=1S/C4H10BO3P/c1-8-9(2,7)3-4(5)6/h3,5H2,1-2H3. The minimum atomic E-state index is -2.58. The summed E-state index contributed by atoms with van der Waals surface area (Å²) in [5.41, 5.74) is -0.0947. The summed E-state index contributed by atoms with van der Waals surface area (Å²) in [6.07, 6.45) is 0.0451. The molecule has 0 amide bonds. The third-order valence-corrected chi connectivity index (χ3v) is 2.69. The Bertz CT molecular complexity index is 156. The van der Waals surface area contributed by atoms with Gasteiger partial charge in [-0.2, -0.15) is 0 Å². The number of hydrogen-bond donors (Lipinski definition) is 0. The van der Waals surface area contributed by atoms with Crippen LogP contribution >= 0.6 is 7.37 Å². The molecule has 0 bridgehead atoms. The summed E-state index contributed by atoms with van der Waals surface area (Å²) in [6.45, 7) is 1.45. The Labute approximate surface area is 55.6 Å². The third kappa shape index (κ3) is 4.43. The molecule has 5 heteroatoms. The van der Waals surface area contributed by atoms with E-state index in [2.05, 4.69) is 4.52 Å². The van der Waals surface area contributed by atoms with Gasteiger partial charge in [0.25, 0.3) is 0 Å². The smallest absolute Gasteiger partial charge is 0.206 e. The molecule has 0 aromatic heterocycles. The van der Waals surface area contributed by atoms with Gasteiger partial charge < -0.3 is 9.32 Å². The molecule has 0 spiro atoms. The van der Waals surface area contributed by atoms with Crippen molar-refractivity contribution in [1.82, 2.24) is 0 Å². The molecule has 0 aromatic rings. The predicted octanol–water partition coefficient (Wildman–Crippen LogP) is -0.300. The van der Waals surface area contributed by atoms with Crippen molar-refractivity contribution in [1.29, 1.82) is 0 Å². The summed E-state index contributed by atoms with van der Waals surface area (Å²) in [6, 6.07) is 0. The molecule has 0 aromatic carbocycles. The van der Waals surface area contributed by atoms with Crippen molar-refractivity contribution in [3.63, 3.8) is 0 Å². The van der Waals surface area contributed by atoms with Crippen LogP contribution in [-0.4, -0.2) is 33.5 Å². The van der Waals surface area contributed by atoms with E-state index in [9.17, 15) is 9.36 Å². The molecular formula is C4H10BO3P. The monoisotopic (exact) mass is 148 g/mol. The van der Waals surface area contributed by atoms with Crippen LogP contribution in [0.3, 0.4) is 0 Å². The summed E-state index contributed by atoms with van der Waals surface area (Å²) in [7, 11) is 0.170. The van der Waals surface area contributed by atoms with Crippen LogP contribution in [0.1, 0.15) is 0 Å². The second-order valence-electron chi connectivity index (χ2n) is 2.06. The zero-order chi connectivity index (χ0) is 7.49. The molecule has 9 heavy (non-hydrogen) atoms. The number of carbonyl (C=O) groups excluding carboxylic acids is 1. The van der Waals surface area contributed by atoms with E-state index in [1.165, 1.54) is 21.6 Å². The van der Waals surface area contributed by atoms with Gasteiger partial charge >= 0.3 is 0 Å². The molecule has 0 saturated heterocycles. The second-order valence-corrected chi connectivity index (χ2v) is 4.77. The number of carbonyl (C=O) groups is 1. The normalized spacial score (nSPS) is 16.7. The van der Waals surface area contributed by atoms with Crippen molar-refractivity contribution >= 4 is 20.9 Å². The molecule has 0 fully saturated rings. The molecule has 0 aliphatic rings. The Kier molecular flexibility index (Phi) is 3.16. The molecule has 0 aliphatic carbocycles. The fraction of sp³-hybridized carbons (Fsp3) is 0.750. The lowest BCUT2D eigenvalue weighted by atomic mass is 10.1. The average Bonchev–Trinajstić information content (AvgIpc) is 1.63. The van der Waals surface area contributed by atoms with Crippen LogP contribution in [-0.2, 0) is 13.9 Å². The Morgan fingerprint density at radius 2 is 2.22 bits per heavy atom. The maximum Gasteiger partial charge on any atom is 0.206 e. The minimum Gasteiger partial charge on any atom is -0.332 e. The molecule has 3 nitrogen and oxygen atoms in total. The van der Waals surface area contributed by atoms with E-state index in [1.807, 2.05) is 0 Å². The van der Waals surface area contributed by atoms with Crippen molar-refractivity contribution in [3.05, 3.63) is 0 Å². The van der Waals surface area contributed by atoms with Gasteiger partial charge in [0, 0.05) is 13.8 Å². The summed E-state index contributed by atoms with van der Waals surface area (Å²) in [4.78, 5) is 10.4. The zero-order valence-electron chi connectivity index (χ0n) is 5.88. The first kappa shape index (κ1) is 8.92. The van der Waals surface area contributed by atoms with Crippen LogP contribution in [0.5, 0.6) is 0 Å². The second kappa shape index (κ2) is 3.18. The Morgan fingerprint density at radius 3 is 2.33 bits per heavy atom. The highest BCUT2D eigenvalue weighted by atomic mass is 31.2. The average molecular weight is 148 g/mol. The van der Waals surface area contributed by atoms with Crippen LogP contribution in [0, 0.1) is 0 Å². The van der Waals surface area contributed by atoms with Gasteiger partial charge in [-0.05, 0) is 0 Å². The SMILES string of the molecule is BC(=O)CP(C)(=O)OC. The lowest BCUT2D eigenvalue weighted by Gasteiger charge is -2.06. The molecular weight excluding hydrogens is 138 g/mol. The molecule has 0 N–H and O–H groups in total. The summed E-state index contributed by atoms with van der Waals surface area (Å²) in [5, 5.41) is 0. The minimum absolute atomic E-state index is 0.0451. The quantitative estimate of drug-likeness (QED) is 0.407. The van der Waals surface area contributed by atoms with Crippen LogP contribution in [0.25, 0.3) is 0 Å². The van der Waals surface area contributed by atoms with Crippen molar-refractivity contribution in [2.45, 2.75) is 0 Å². The van der Waals surface area contributed by atoms with Gasteiger partial charge in [0.05, 0.1) is 11.8 Å². The van der Waals surface area contributed by atoms with E-state index in [1.54, 1.807) is 0 Å². The van der Waals surface area contributed by atoms with Gasteiger partial charge in [0.2, 0.25) is 7.37 Å². The van der Waals surface area contributed by atoms with E-state index in [-0.39, 0.29) is 11.8 Å². The Balaban J connectivity index is 3.88. The molecule has 0 aliphatic heterocycles. The lowest BCUT2D eigenvalue weighted by molar-refractivity contribution is -0.109. The number of hydrogen-bond acceptors (Lipinski definition) is 3. The van der Waals surface area contributed by atoms with E-state index >= 15 is 0 Å². The molecule has 0 rings (SSSR count).